The van der Waals surface area contributed by atoms with Crippen LogP contribution in [0.4, 0.5) is 0 Å². The molecule has 25 heavy (non-hydrogen) atoms. The van der Waals surface area contributed by atoms with Gasteiger partial charge in [-0.15, -0.1) is 0 Å². The number of nitrogens with zero attached hydrogens (tertiary/aromatic N) is 3. The molecular formula is C18H14Cl2N4O. The molecule has 0 fully saturated rings. The van der Waals surface area contributed by atoms with E-state index in [9.17, 15) is 4.79 Å². The van der Waals surface area contributed by atoms with Gasteiger partial charge in [0.15, 0.2) is 0 Å². The predicted octanol–water partition coefficient (Wildman–Crippen LogP) is 4.00. The monoisotopic (exact) mass is 372 g/mol. The minimum atomic E-state index is -0.293. The molecule has 3 aromatic rings. The summed E-state index contributed by atoms with van der Waals surface area (Å²) in [5.41, 5.74) is 4.74. The average molecular weight is 373 g/mol. The fourth-order valence-corrected chi connectivity index (χ4v) is 2.52. The van der Waals surface area contributed by atoms with E-state index < -0.39 is 0 Å². The Morgan fingerprint density at radius 3 is 2.80 bits per heavy atom. The maximum atomic E-state index is 12.2. The molecule has 1 heterocycles. The molecule has 2 aromatic carbocycles. The Labute approximate surface area is 154 Å². The van der Waals surface area contributed by atoms with E-state index in [1.165, 1.54) is 6.21 Å². The van der Waals surface area contributed by atoms with Crippen molar-refractivity contribution in [3.05, 3.63) is 87.7 Å². The van der Waals surface area contributed by atoms with E-state index in [4.69, 9.17) is 23.2 Å². The molecule has 0 saturated carbocycles. The summed E-state index contributed by atoms with van der Waals surface area (Å²) in [6.07, 6.45) is 5.09. The molecular weight excluding hydrogens is 359 g/mol. The third-order valence-corrected chi connectivity index (χ3v) is 4.16. The second-order valence-corrected chi connectivity index (χ2v) is 6.09. The lowest BCUT2D eigenvalue weighted by Crippen LogP contribution is -2.18. The third kappa shape index (κ3) is 4.68. The van der Waals surface area contributed by atoms with Crippen molar-refractivity contribution >= 4 is 35.3 Å². The molecule has 126 valence electrons. The highest BCUT2D eigenvalue weighted by atomic mass is 35.5. The van der Waals surface area contributed by atoms with Gasteiger partial charge in [0.2, 0.25) is 0 Å². The Kier molecular flexibility index (Phi) is 5.48. The molecule has 1 N–H and O–H groups in total. The van der Waals surface area contributed by atoms with Crippen molar-refractivity contribution in [2.24, 2.45) is 5.10 Å². The highest BCUT2D eigenvalue weighted by Crippen LogP contribution is 2.21. The molecule has 0 spiro atoms. The lowest BCUT2D eigenvalue weighted by Gasteiger charge is -2.05. The summed E-state index contributed by atoms with van der Waals surface area (Å²) in [7, 11) is 0. The maximum Gasteiger partial charge on any atom is 0.271 e. The molecule has 0 unspecified atom stereocenters. The predicted molar refractivity (Wildman–Crippen MR) is 99.3 cm³/mol. The van der Waals surface area contributed by atoms with Gasteiger partial charge in [-0.1, -0.05) is 41.4 Å². The first-order valence-corrected chi connectivity index (χ1v) is 8.22. The van der Waals surface area contributed by atoms with E-state index in [0.29, 0.717) is 22.2 Å². The lowest BCUT2D eigenvalue weighted by molar-refractivity contribution is 0.0955. The number of carbonyl (C=O) groups is 1. The normalized spacial score (nSPS) is 11.0. The van der Waals surface area contributed by atoms with Gasteiger partial charge in [0.05, 0.1) is 22.8 Å². The fourth-order valence-electron chi connectivity index (χ4n) is 2.21. The zero-order valence-corrected chi connectivity index (χ0v) is 14.6. The Morgan fingerprint density at radius 1 is 1.16 bits per heavy atom. The first-order valence-electron chi connectivity index (χ1n) is 7.46. The quantitative estimate of drug-likeness (QED) is 0.543. The van der Waals surface area contributed by atoms with Crippen LogP contribution < -0.4 is 5.43 Å². The van der Waals surface area contributed by atoms with Gasteiger partial charge in [-0.2, -0.15) is 10.2 Å². The number of hydrogen-bond acceptors (Lipinski definition) is 3. The number of halogens is 2. The van der Waals surface area contributed by atoms with Crippen molar-refractivity contribution < 1.29 is 4.79 Å². The van der Waals surface area contributed by atoms with Gasteiger partial charge >= 0.3 is 0 Å². The zero-order valence-electron chi connectivity index (χ0n) is 13.1. The molecule has 1 amide bonds. The topological polar surface area (TPSA) is 59.3 Å². The van der Waals surface area contributed by atoms with E-state index in [2.05, 4.69) is 15.6 Å². The van der Waals surface area contributed by atoms with Crippen LogP contribution in [0.15, 0.2) is 66.0 Å². The molecule has 3 rings (SSSR count). The average Bonchev–Trinajstić information content (AvgIpc) is 3.11. The van der Waals surface area contributed by atoms with Gasteiger partial charge in [-0.25, -0.2) is 5.43 Å². The highest BCUT2D eigenvalue weighted by molar-refractivity contribution is 6.42. The third-order valence-electron chi connectivity index (χ3n) is 3.42. The number of hydrogen-bond donors (Lipinski definition) is 1. The molecule has 7 heteroatoms. The number of aromatic nitrogens is 2. The van der Waals surface area contributed by atoms with Crippen LogP contribution in [0.25, 0.3) is 0 Å². The van der Waals surface area contributed by atoms with E-state index in [1.54, 1.807) is 35.1 Å². The van der Waals surface area contributed by atoms with E-state index in [0.717, 1.165) is 11.1 Å². The van der Waals surface area contributed by atoms with E-state index in [1.807, 2.05) is 30.5 Å². The Bertz CT molecular complexity index is 907. The SMILES string of the molecule is O=C(NN=Cc1ccc(Cl)c(Cl)c1)c1cccc(Cn2cccn2)c1. The minimum Gasteiger partial charge on any atom is -0.268 e. The number of nitrogens with one attached hydrogen (secondary N) is 1. The lowest BCUT2D eigenvalue weighted by atomic mass is 10.1. The van der Waals surface area contributed by atoms with Crippen LogP contribution in [-0.2, 0) is 6.54 Å². The largest absolute Gasteiger partial charge is 0.271 e. The fraction of sp³-hybridized carbons (Fsp3) is 0.0556. The first kappa shape index (κ1) is 17.2. The summed E-state index contributed by atoms with van der Waals surface area (Å²) in [6.45, 7) is 0.598. The van der Waals surface area contributed by atoms with Gasteiger partial charge in [-0.05, 0) is 41.5 Å². The van der Waals surface area contributed by atoms with Crippen LogP contribution in [0.1, 0.15) is 21.5 Å². The van der Waals surface area contributed by atoms with Crippen LogP contribution >= 0.6 is 23.2 Å². The standard InChI is InChI=1S/C18H14Cl2N4O/c19-16-6-5-13(10-17(16)20)11-21-23-18(25)15-4-1-3-14(9-15)12-24-8-2-7-22-24/h1-11H,12H2,(H,23,25). The van der Waals surface area contributed by atoms with Crippen molar-refractivity contribution in [1.82, 2.24) is 15.2 Å². The van der Waals surface area contributed by atoms with Crippen molar-refractivity contribution in [1.29, 1.82) is 0 Å². The maximum absolute atomic E-state index is 12.2. The van der Waals surface area contributed by atoms with Crippen LogP contribution in [-0.4, -0.2) is 21.9 Å². The molecule has 0 aliphatic carbocycles. The molecule has 0 atom stereocenters. The molecule has 5 nitrogen and oxygen atoms in total. The Balaban J connectivity index is 1.64. The number of benzene rings is 2. The van der Waals surface area contributed by atoms with Gasteiger partial charge < -0.3 is 0 Å². The number of carbonyl (C=O) groups excluding carboxylic acids is 1. The number of rotatable bonds is 5. The smallest absolute Gasteiger partial charge is 0.268 e. The molecule has 0 radical (unpaired) electrons. The summed E-state index contributed by atoms with van der Waals surface area (Å²) in [5.74, 6) is -0.293. The zero-order chi connectivity index (χ0) is 17.6. The number of amides is 1. The highest BCUT2D eigenvalue weighted by Gasteiger charge is 2.05. The summed E-state index contributed by atoms with van der Waals surface area (Å²) in [6, 6.07) is 14.3. The Hall–Kier alpha value is -2.63. The summed E-state index contributed by atoms with van der Waals surface area (Å²) < 4.78 is 1.79. The van der Waals surface area contributed by atoms with Gasteiger partial charge in [-0.3, -0.25) is 9.48 Å². The number of hydrazone groups is 1. The van der Waals surface area contributed by atoms with Crippen LogP contribution in [0, 0.1) is 0 Å². The summed E-state index contributed by atoms with van der Waals surface area (Å²) in [5, 5.41) is 9.01. The van der Waals surface area contributed by atoms with Crippen molar-refractivity contribution in [3.63, 3.8) is 0 Å². The van der Waals surface area contributed by atoms with E-state index >= 15 is 0 Å². The van der Waals surface area contributed by atoms with Gasteiger partial charge in [0, 0.05) is 18.0 Å². The summed E-state index contributed by atoms with van der Waals surface area (Å²) >= 11 is 11.8. The van der Waals surface area contributed by atoms with Crippen LogP contribution in [0.3, 0.4) is 0 Å². The molecule has 0 bridgehead atoms. The van der Waals surface area contributed by atoms with Gasteiger partial charge in [0.1, 0.15) is 0 Å². The van der Waals surface area contributed by atoms with Crippen LogP contribution in [0.5, 0.6) is 0 Å². The molecule has 0 aliphatic rings. The van der Waals surface area contributed by atoms with Crippen molar-refractivity contribution in [2.75, 3.05) is 0 Å². The first-order chi connectivity index (χ1) is 12.1. The second kappa shape index (κ2) is 7.96. The van der Waals surface area contributed by atoms with E-state index in [-0.39, 0.29) is 5.91 Å². The summed E-state index contributed by atoms with van der Waals surface area (Å²) in [4.78, 5) is 12.2. The molecule has 0 aliphatic heterocycles. The van der Waals surface area contributed by atoms with Gasteiger partial charge in [0.25, 0.3) is 5.91 Å². The molecule has 1 aromatic heterocycles. The minimum absolute atomic E-state index is 0.293. The molecule has 0 saturated heterocycles. The second-order valence-electron chi connectivity index (χ2n) is 5.28. The Morgan fingerprint density at radius 2 is 2.04 bits per heavy atom. The van der Waals surface area contributed by atoms with Crippen molar-refractivity contribution in [3.8, 4) is 0 Å². The van der Waals surface area contributed by atoms with Crippen LogP contribution in [0.2, 0.25) is 10.0 Å². The van der Waals surface area contributed by atoms with Crippen molar-refractivity contribution in [2.45, 2.75) is 6.54 Å².